The van der Waals surface area contributed by atoms with Gasteiger partial charge in [0.25, 0.3) is 0 Å². The summed E-state index contributed by atoms with van der Waals surface area (Å²) in [5, 5.41) is 11.2. The Bertz CT molecular complexity index is 528. The van der Waals surface area contributed by atoms with Gasteiger partial charge in [0.05, 0.1) is 0 Å². The van der Waals surface area contributed by atoms with Gasteiger partial charge in [-0.2, -0.15) is 0 Å². The van der Waals surface area contributed by atoms with Crippen LogP contribution in [0.1, 0.15) is 19.3 Å². The van der Waals surface area contributed by atoms with Crippen molar-refractivity contribution in [3.63, 3.8) is 0 Å². The molecule has 2 rings (SSSR count). The standard InChI is InChI=1S/C13H14BrN3O2/c14-9-5-4-8-11(18)15-13-17-16-12(19-13)10-6-2-1-3-7-10/h1-3,6-7H,4-5,8-9H2,(H,15,17,18). The number of unbranched alkanes of at least 4 members (excludes halogenated alkanes) is 1. The summed E-state index contributed by atoms with van der Waals surface area (Å²) in [6.45, 7) is 0. The first-order valence-corrected chi connectivity index (χ1v) is 7.16. The van der Waals surface area contributed by atoms with Crippen LogP contribution in [-0.4, -0.2) is 21.4 Å². The van der Waals surface area contributed by atoms with E-state index in [1.165, 1.54) is 0 Å². The molecule has 100 valence electrons. The van der Waals surface area contributed by atoms with Crippen molar-refractivity contribution in [2.75, 3.05) is 10.6 Å². The van der Waals surface area contributed by atoms with Gasteiger partial charge in [0.2, 0.25) is 11.8 Å². The minimum atomic E-state index is -0.107. The Hall–Kier alpha value is -1.69. The maximum Gasteiger partial charge on any atom is 0.322 e. The second kappa shape index (κ2) is 7.04. The number of nitrogens with one attached hydrogen (secondary N) is 1. The zero-order valence-electron chi connectivity index (χ0n) is 10.3. The van der Waals surface area contributed by atoms with Gasteiger partial charge in [-0.15, -0.1) is 5.10 Å². The van der Waals surface area contributed by atoms with Gasteiger partial charge in [-0.1, -0.05) is 39.2 Å². The van der Waals surface area contributed by atoms with Crippen LogP contribution in [0.2, 0.25) is 0 Å². The van der Waals surface area contributed by atoms with E-state index in [-0.39, 0.29) is 11.9 Å². The summed E-state index contributed by atoms with van der Waals surface area (Å²) < 4.78 is 5.38. The SMILES string of the molecule is O=C(CCCCBr)Nc1nnc(-c2ccccc2)o1. The van der Waals surface area contributed by atoms with Gasteiger partial charge in [-0.05, 0) is 25.0 Å². The number of alkyl halides is 1. The number of carbonyl (C=O) groups is 1. The minimum absolute atomic E-state index is 0.107. The number of halogens is 1. The van der Waals surface area contributed by atoms with Crippen molar-refractivity contribution in [2.45, 2.75) is 19.3 Å². The average molecular weight is 324 g/mol. The van der Waals surface area contributed by atoms with Crippen LogP contribution < -0.4 is 5.32 Å². The van der Waals surface area contributed by atoms with Crippen LogP contribution in [0.5, 0.6) is 0 Å². The van der Waals surface area contributed by atoms with E-state index in [0.29, 0.717) is 12.3 Å². The monoisotopic (exact) mass is 323 g/mol. The highest BCUT2D eigenvalue weighted by Gasteiger charge is 2.10. The summed E-state index contributed by atoms with van der Waals surface area (Å²) in [5.41, 5.74) is 0.829. The number of carbonyl (C=O) groups excluding carboxylic acids is 1. The van der Waals surface area contributed by atoms with Crippen molar-refractivity contribution >= 4 is 27.9 Å². The molecule has 0 bridgehead atoms. The number of aromatic nitrogens is 2. The number of anilines is 1. The smallest absolute Gasteiger partial charge is 0.322 e. The van der Waals surface area contributed by atoms with Crippen molar-refractivity contribution in [1.29, 1.82) is 0 Å². The molecule has 1 aromatic carbocycles. The molecule has 1 amide bonds. The predicted molar refractivity (Wildman–Crippen MR) is 76.0 cm³/mol. The van der Waals surface area contributed by atoms with E-state index in [1.54, 1.807) is 0 Å². The van der Waals surface area contributed by atoms with Crippen molar-refractivity contribution in [3.8, 4) is 11.5 Å². The molecule has 1 N–H and O–H groups in total. The summed E-state index contributed by atoms with van der Waals surface area (Å²) in [6.07, 6.45) is 2.25. The lowest BCUT2D eigenvalue weighted by Crippen LogP contribution is -2.11. The number of nitrogens with zero attached hydrogens (tertiary/aromatic N) is 2. The molecule has 0 spiro atoms. The van der Waals surface area contributed by atoms with E-state index in [2.05, 4.69) is 31.4 Å². The first-order chi connectivity index (χ1) is 9.29. The molecule has 0 atom stereocenters. The molecule has 0 radical (unpaired) electrons. The summed E-state index contributed by atoms with van der Waals surface area (Å²) in [5.74, 6) is 0.292. The van der Waals surface area contributed by atoms with Gasteiger partial charge in [0.15, 0.2) is 0 Å². The number of hydrogen-bond donors (Lipinski definition) is 1. The molecule has 0 aliphatic carbocycles. The topological polar surface area (TPSA) is 68.0 Å². The zero-order chi connectivity index (χ0) is 13.5. The summed E-state index contributed by atoms with van der Waals surface area (Å²) in [6, 6.07) is 9.56. The minimum Gasteiger partial charge on any atom is -0.403 e. The molecular formula is C13H14BrN3O2. The van der Waals surface area contributed by atoms with Crippen LogP contribution in [0, 0.1) is 0 Å². The van der Waals surface area contributed by atoms with E-state index < -0.39 is 0 Å². The fraction of sp³-hybridized carbons (Fsp3) is 0.308. The number of rotatable bonds is 6. The normalized spacial score (nSPS) is 10.4. The van der Waals surface area contributed by atoms with Crippen LogP contribution in [0.15, 0.2) is 34.7 Å². The van der Waals surface area contributed by atoms with E-state index >= 15 is 0 Å². The fourth-order valence-electron chi connectivity index (χ4n) is 1.53. The third-order valence-corrected chi connectivity index (χ3v) is 3.04. The highest BCUT2D eigenvalue weighted by atomic mass is 79.9. The van der Waals surface area contributed by atoms with Crippen molar-refractivity contribution in [2.24, 2.45) is 0 Å². The molecule has 0 fully saturated rings. The van der Waals surface area contributed by atoms with E-state index in [4.69, 9.17) is 4.42 Å². The van der Waals surface area contributed by atoms with E-state index in [9.17, 15) is 4.79 Å². The Kier molecular flexibility index (Phi) is 5.09. The molecule has 5 nitrogen and oxygen atoms in total. The van der Waals surface area contributed by atoms with Gasteiger partial charge in [0, 0.05) is 17.3 Å². The third-order valence-electron chi connectivity index (χ3n) is 2.48. The van der Waals surface area contributed by atoms with Crippen LogP contribution in [0.25, 0.3) is 11.5 Å². The number of benzene rings is 1. The fourth-order valence-corrected chi connectivity index (χ4v) is 1.93. The maximum atomic E-state index is 11.6. The van der Waals surface area contributed by atoms with E-state index in [1.807, 2.05) is 30.3 Å². The molecule has 2 aromatic rings. The van der Waals surface area contributed by atoms with E-state index in [0.717, 1.165) is 23.7 Å². The lowest BCUT2D eigenvalue weighted by atomic mass is 10.2. The molecule has 0 aliphatic rings. The first kappa shape index (κ1) is 13.7. The van der Waals surface area contributed by atoms with Crippen molar-refractivity contribution in [1.82, 2.24) is 10.2 Å². The van der Waals surface area contributed by atoms with Crippen LogP contribution in [-0.2, 0) is 4.79 Å². The molecule has 1 aromatic heterocycles. The highest BCUT2D eigenvalue weighted by molar-refractivity contribution is 9.09. The van der Waals surface area contributed by atoms with Gasteiger partial charge in [0.1, 0.15) is 0 Å². The molecule has 6 heteroatoms. The molecule has 0 saturated carbocycles. The van der Waals surface area contributed by atoms with Crippen LogP contribution in [0.4, 0.5) is 6.01 Å². The Morgan fingerprint density at radius 1 is 1.21 bits per heavy atom. The quantitative estimate of drug-likeness (QED) is 0.654. The first-order valence-electron chi connectivity index (χ1n) is 6.04. The van der Waals surface area contributed by atoms with Crippen LogP contribution in [0.3, 0.4) is 0 Å². The number of amides is 1. The second-order valence-electron chi connectivity index (χ2n) is 3.97. The Morgan fingerprint density at radius 3 is 2.74 bits per heavy atom. The second-order valence-corrected chi connectivity index (χ2v) is 4.77. The van der Waals surface area contributed by atoms with Crippen LogP contribution >= 0.6 is 15.9 Å². The summed E-state index contributed by atoms with van der Waals surface area (Å²) in [7, 11) is 0. The Balaban J connectivity index is 1.93. The number of hydrogen-bond acceptors (Lipinski definition) is 4. The van der Waals surface area contributed by atoms with Crippen molar-refractivity contribution < 1.29 is 9.21 Å². The predicted octanol–water partition coefficient (Wildman–Crippen LogP) is 3.24. The zero-order valence-corrected chi connectivity index (χ0v) is 11.9. The Morgan fingerprint density at radius 2 is 2.00 bits per heavy atom. The third kappa shape index (κ3) is 4.17. The molecule has 0 aliphatic heterocycles. The summed E-state index contributed by atoms with van der Waals surface area (Å²) >= 11 is 3.32. The lowest BCUT2D eigenvalue weighted by Gasteiger charge is -1.98. The lowest BCUT2D eigenvalue weighted by molar-refractivity contribution is -0.116. The largest absolute Gasteiger partial charge is 0.403 e. The highest BCUT2D eigenvalue weighted by Crippen LogP contribution is 2.19. The molecule has 19 heavy (non-hydrogen) atoms. The molecule has 1 heterocycles. The van der Waals surface area contributed by atoms with Gasteiger partial charge in [-0.3, -0.25) is 10.1 Å². The van der Waals surface area contributed by atoms with Gasteiger partial charge >= 0.3 is 6.01 Å². The van der Waals surface area contributed by atoms with Gasteiger partial charge in [-0.25, -0.2) is 0 Å². The molecular weight excluding hydrogens is 310 g/mol. The van der Waals surface area contributed by atoms with Gasteiger partial charge < -0.3 is 4.42 Å². The Labute approximate surface area is 119 Å². The maximum absolute atomic E-state index is 11.6. The summed E-state index contributed by atoms with van der Waals surface area (Å²) in [4.78, 5) is 11.6. The average Bonchev–Trinajstić information content (AvgIpc) is 2.88. The van der Waals surface area contributed by atoms with Crippen molar-refractivity contribution in [3.05, 3.63) is 30.3 Å². The molecule has 0 saturated heterocycles. The molecule has 0 unspecified atom stereocenters.